The van der Waals surface area contributed by atoms with E-state index in [0.29, 0.717) is 5.75 Å². The number of sulfonamides is 1. The van der Waals surface area contributed by atoms with Crippen LogP contribution in [0.25, 0.3) is 0 Å². The number of halogens is 1. The molecule has 0 aliphatic heterocycles. The molecular formula is C15H15ClN2O5S. The van der Waals surface area contributed by atoms with Crippen LogP contribution in [-0.4, -0.2) is 26.6 Å². The predicted octanol–water partition coefficient (Wildman–Crippen LogP) is 2.31. The topological polar surface area (TPSA) is 119 Å². The SMILES string of the molecule is COc1ccccc1CNc1cc(C(=O)O)cc(S(N)(=O)=O)c1Cl. The lowest BCUT2D eigenvalue weighted by Crippen LogP contribution is -2.15. The van der Waals surface area contributed by atoms with Gasteiger partial charge >= 0.3 is 5.97 Å². The Hall–Kier alpha value is -2.29. The van der Waals surface area contributed by atoms with Gasteiger partial charge in [0, 0.05) is 12.1 Å². The van der Waals surface area contributed by atoms with Gasteiger partial charge in [0.2, 0.25) is 10.0 Å². The summed E-state index contributed by atoms with van der Waals surface area (Å²) in [4.78, 5) is 10.7. The number of methoxy groups -OCH3 is 1. The molecule has 0 radical (unpaired) electrons. The largest absolute Gasteiger partial charge is 0.496 e. The maximum absolute atomic E-state index is 11.6. The van der Waals surface area contributed by atoms with E-state index in [1.165, 1.54) is 13.2 Å². The molecule has 0 atom stereocenters. The summed E-state index contributed by atoms with van der Waals surface area (Å²) in [5, 5.41) is 17.0. The van der Waals surface area contributed by atoms with Gasteiger partial charge in [-0.25, -0.2) is 18.4 Å². The number of ether oxygens (including phenoxy) is 1. The highest BCUT2D eigenvalue weighted by Gasteiger charge is 2.20. The number of benzene rings is 2. The summed E-state index contributed by atoms with van der Waals surface area (Å²) in [6, 6.07) is 9.36. The smallest absolute Gasteiger partial charge is 0.335 e. The molecule has 9 heteroatoms. The van der Waals surface area contributed by atoms with Gasteiger partial charge in [-0.3, -0.25) is 0 Å². The molecule has 0 aliphatic rings. The number of anilines is 1. The summed E-state index contributed by atoms with van der Waals surface area (Å²) in [6.07, 6.45) is 0. The molecule has 128 valence electrons. The Kier molecular flexibility index (Phi) is 5.33. The van der Waals surface area contributed by atoms with E-state index >= 15 is 0 Å². The van der Waals surface area contributed by atoms with Crippen molar-refractivity contribution in [2.45, 2.75) is 11.4 Å². The molecule has 4 N–H and O–H groups in total. The van der Waals surface area contributed by atoms with Gasteiger partial charge in [-0.05, 0) is 18.2 Å². The number of carboxylic acids is 1. The van der Waals surface area contributed by atoms with Gasteiger partial charge in [-0.1, -0.05) is 29.8 Å². The van der Waals surface area contributed by atoms with Crippen LogP contribution >= 0.6 is 11.6 Å². The minimum atomic E-state index is -4.17. The van der Waals surface area contributed by atoms with Crippen LogP contribution in [-0.2, 0) is 16.6 Å². The third-order valence-electron chi connectivity index (χ3n) is 3.25. The van der Waals surface area contributed by atoms with Crippen molar-refractivity contribution in [1.29, 1.82) is 0 Å². The second-order valence-corrected chi connectivity index (χ2v) is 6.76. The van der Waals surface area contributed by atoms with E-state index in [9.17, 15) is 13.2 Å². The van der Waals surface area contributed by atoms with Crippen LogP contribution in [0.15, 0.2) is 41.3 Å². The minimum absolute atomic E-state index is 0.145. The van der Waals surface area contributed by atoms with E-state index in [-0.39, 0.29) is 22.8 Å². The fourth-order valence-corrected chi connectivity index (χ4v) is 3.25. The van der Waals surface area contributed by atoms with Crippen molar-refractivity contribution in [1.82, 2.24) is 0 Å². The van der Waals surface area contributed by atoms with Gasteiger partial charge in [-0.15, -0.1) is 0 Å². The monoisotopic (exact) mass is 370 g/mol. The number of aromatic carboxylic acids is 1. The maximum Gasteiger partial charge on any atom is 0.335 e. The van der Waals surface area contributed by atoms with Gasteiger partial charge in [-0.2, -0.15) is 0 Å². The van der Waals surface area contributed by atoms with Crippen molar-refractivity contribution in [2.24, 2.45) is 5.14 Å². The quantitative estimate of drug-likeness (QED) is 0.717. The second-order valence-electron chi connectivity index (χ2n) is 4.85. The molecule has 0 saturated heterocycles. The minimum Gasteiger partial charge on any atom is -0.496 e. The van der Waals surface area contributed by atoms with Crippen LogP contribution < -0.4 is 15.2 Å². The Bertz CT molecular complexity index is 883. The van der Waals surface area contributed by atoms with Gasteiger partial charge in [0.1, 0.15) is 10.6 Å². The number of nitrogens with one attached hydrogen (secondary N) is 1. The normalized spacial score (nSPS) is 11.1. The lowest BCUT2D eigenvalue weighted by molar-refractivity contribution is 0.0696. The Labute approximate surface area is 144 Å². The van der Waals surface area contributed by atoms with Crippen LogP contribution in [0, 0.1) is 0 Å². The van der Waals surface area contributed by atoms with Crippen LogP contribution in [0.4, 0.5) is 5.69 Å². The molecule has 0 spiro atoms. The number of nitrogens with two attached hydrogens (primary N) is 1. The standard InChI is InChI=1S/C15H15ClN2O5S/c1-23-12-5-3-2-4-9(12)8-18-11-6-10(15(19)20)7-13(14(11)16)24(17,21)22/h2-7,18H,8H2,1H3,(H,19,20)(H2,17,21,22). The summed E-state index contributed by atoms with van der Waals surface area (Å²) in [5.74, 6) is -0.668. The van der Waals surface area contributed by atoms with Crippen molar-refractivity contribution in [3.8, 4) is 5.75 Å². The zero-order valence-electron chi connectivity index (χ0n) is 12.6. The molecular weight excluding hydrogens is 356 g/mol. The fraction of sp³-hybridized carbons (Fsp3) is 0.133. The highest BCUT2D eigenvalue weighted by molar-refractivity contribution is 7.89. The van der Waals surface area contributed by atoms with E-state index in [0.717, 1.165) is 11.6 Å². The molecule has 2 aromatic rings. The first-order valence-corrected chi connectivity index (χ1v) is 8.62. The molecule has 0 amide bonds. The van der Waals surface area contributed by atoms with E-state index in [2.05, 4.69) is 5.32 Å². The molecule has 2 rings (SSSR count). The Morgan fingerprint density at radius 1 is 1.33 bits per heavy atom. The average Bonchev–Trinajstić information content (AvgIpc) is 2.52. The highest BCUT2D eigenvalue weighted by atomic mass is 35.5. The molecule has 0 unspecified atom stereocenters. The number of carbonyl (C=O) groups is 1. The van der Waals surface area contributed by atoms with Crippen LogP contribution in [0.2, 0.25) is 5.02 Å². The molecule has 7 nitrogen and oxygen atoms in total. The summed E-state index contributed by atoms with van der Waals surface area (Å²) in [5.41, 5.74) is 0.686. The van der Waals surface area contributed by atoms with Gasteiger partial charge in [0.15, 0.2) is 0 Å². The Morgan fingerprint density at radius 2 is 2.00 bits per heavy atom. The molecule has 2 aromatic carbocycles. The van der Waals surface area contributed by atoms with Crippen molar-refractivity contribution in [2.75, 3.05) is 12.4 Å². The Morgan fingerprint density at radius 3 is 2.58 bits per heavy atom. The first-order valence-electron chi connectivity index (χ1n) is 6.69. The van der Waals surface area contributed by atoms with Crippen molar-refractivity contribution < 1.29 is 23.1 Å². The van der Waals surface area contributed by atoms with Gasteiger partial charge in [0.05, 0.1) is 23.4 Å². The molecule has 0 bridgehead atoms. The van der Waals surface area contributed by atoms with Crippen LogP contribution in [0.3, 0.4) is 0 Å². The summed E-state index contributed by atoms with van der Waals surface area (Å²) in [7, 11) is -2.64. The van der Waals surface area contributed by atoms with E-state index in [1.54, 1.807) is 18.2 Å². The van der Waals surface area contributed by atoms with Crippen molar-refractivity contribution >= 4 is 33.3 Å². The first kappa shape index (κ1) is 18.1. The third kappa shape index (κ3) is 3.97. The van der Waals surface area contributed by atoms with E-state index < -0.39 is 20.9 Å². The summed E-state index contributed by atoms with van der Waals surface area (Å²) >= 11 is 6.06. The predicted molar refractivity (Wildman–Crippen MR) is 90.1 cm³/mol. The third-order valence-corrected chi connectivity index (χ3v) is 4.71. The zero-order chi connectivity index (χ0) is 17.9. The number of primary sulfonamides is 1. The fourth-order valence-electron chi connectivity index (χ4n) is 2.10. The van der Waals surface area contributed by atoms with Crippen molar-refractivity contribution in [3.63, 3.8) is 0 Å². The molecule has 0 aromatic heterocycles. The average molecular weight is 371 g/mol. The molecule has 0 fully saturated rings. The molecule has 24 heavy (non-hydrogen) atoms. The molecule has 0 saturated carbocycles. The zero-order valence-corrected chi connectivity index (χ0v) is 14.2. The number of para-hydroxylation sites is 1. The number of carboxylic acid groups (broad SMARTS) is 1. The van der Waals surface area contributed by atoms with Crippen molar-refractivity contribution in [3.05, 3.63) is 52.5 Å². The number of hydrogen-bond donors (Lipinski definition) is 3. The number of hydrogen-bond acceptors (Lipinski definition) is 5. The maximum atomic E-state index is 11.6. The Balaban J connectivity index is 2.43. The molecule has 0 heterocycles. The lowest BCUT2D eigenvalue weighted by atomic mass is 10.1. The number of rotatable bonds is 6. The van der Waals surface area contributed by atoms with Gasteiger partial charge < -0.3 is 15.2 Å². The van der Waals surface area contributed by atoms with Crippen LogP contribution in [0.5, 0.6) is 5.75 Å². The van der Waals surface area contributed by atoms with E-state index in [1.807, 2.05) is 6.07 Å². The summed E-state index contributed by atoms with van der Waals surface area (Å²) in [6.45, 7) is 0.247. The summed E-state index contributed by atoms with van der Waals surface area (Å²) < 4.78 is 28.4. The lowest BCUT2D eigenvalue weighted by Gasteiger charge is -2.14. The van der Waals surface area contributed by atoms with Gasteiger partial charge in [0.25, 0.3) is 0 Å². The van der Waals surface area contributed by atoms with Crippen LogP contribution in [0.1, 0.15) is 15.9 Å². The second kappa shape index (κ2) is 7.08. The van der Waals surface area contributed by atoms with E-state index in [4.69, 9.17) is 26.6 Å². The first-order chi connectivity index (χ1) is 11.2. The highest BCUT2D eigenvalue weighted by Crippen LogP contribution is 2.31. The molecule has 0 aliphatic carbocycles.